The third-order valence-corrected chi connectivity index (χ3v) is 2.95. The lowest BCUT2D eigenvalue weighted by Crippen LogP contribution is -2.18. The maximum Gasteiger partial charge on any atom is 0.379 e. The number of carbonyl (C=O) groups is 2. The number of esters is 1. The molecule has 0 heterocycles. The van der Waals surface area contributed by atoms with Crippen molar-refractivity contribution in [2.75, 3.05) is 6.61 Å². The summed E-state index contributed by atoms with van der Waals surface area (Å²) in [5.74, 6) is -4.09. The molecule has 1 aromatic carbocycles. The van der Waals surface area contributed by atoms with E-state index in [1.54, 1.807) is 0 Å². The monoisotopic (exact) mass is 311 g/mol. The molecular formula is C14H17NO7. The molecule has 0 atom stereocenters. The molecule has 0 bridgehead atoms. The van der Waals surface area contributed by atoms with Crippen molar-refractivity contribution in [1.29, 1.82) is 0 Å². The van der Waals surface area contributed by atoms with Crippen molar-refractivity contribution in [2.45, 2.75) is 32.6 Å². The van der Waals surface area contributed by atoms with Gasteiger partial charge in [0, 0.05) is 11.6 Å². The van der Waals surface area contributed by atoms with Gasteiger partial charge in [-0.1, -0.05) is 26.2 Å². The number of phenolic OH excluding ortho intramolecular Hbond substituents is 2. The zero-order valence-electron chi connectivity index (χ0n) is 12.1. The number of rotatable bonds is 8. The van der Waals surface area contributed by atoms with Gasteiger partial charge in [0.25, 0.3) is 5.78 Å². The molecule has 2 N–H and O–H groups in total. The van der Waals surface area contributed by atoms with Crippen molar-refractivity contribution in [2.24, 2.45) is 0 Å². The van der Waals surface area contributed by atoms with Crippen molar-refractivity contribution in [1.82, 2.24) is 0 Å². The van der Waals surface area contributed by atoms with Gasteiger partial charge in [0.15, 0.2) is 5.75 Å². The van der Waals surface area contributed by atoms with E-state index in [2.05, 4.69) is 0 Å². The number of unbranched alkanes of at least 4 members (excludes halogenated alkanes) is 3. The van der Waals surface area contributed by atoms with Crippen LogP contribution in [0.5, 0.6) is 11.5 Å². The first-order valence-electron chi connectivity index (χ1n) is 6.80. The molecule has 120 valence electrons. The second-order valence-electron chi connectivity index (χ2n) is 4.65. The molecule has 0 unspecified atom stereocenters. The number of nitro benzene ring substituents is 1. The van der Waals surface area contributed by atoms with Crippen LogP contribution in [0.3, 0.4) is 0 Å². The second-order valence-corrected chi connectivity index (χ2v) is 4.65. The fourth-order valence-corrected chi connectivity index (χ4v) is 1.75. The fraction of sp³-hybridized carbons (Fsp3) is 0.429. The number of ketones is 1. The van der Waals surface area contributed by atoms with Gasteiger partial charge in [-0.05, 0) is 12.5 Å². The van der Waals surface area contributed by atoms with Gasteiger partial charge in [0.05, 0.1) is 11.5 Å². The van der Waals surface area contributed by atoms with Crippen LogP contribution in [0.1, 0.15) is 43.0 Å². The number of hydrogen-bond donors (Lipinski definition) is 2. The van der Waals surface area contributed by atoms with E-state index in [1.165, 1.54) is 0 Å². The number of ether oxygens (including phenoxy) is 1. The SMILES string of the molecule is CCCCCCOC(=O)C(=O)c1cc(O)c(O)c([N+](=O)[O-])c1. The Hall–Kier alpha value is -2.64. The van der Waals surface area contributed by atoms with E-state index in [1.807, 2.05) is 6.92 Å². The van der Waals surface area contributed by atoms with E-state index in [9.17, 15) is 29.9 Å². The van der Waals surface area contributed by atoms with Crippen LogP contribution in [0, 0.1) is 10.1 Å². The summed E-state index contributed by atoms with van der Waals surface area (Å²) in [5.41, 5.74) is -1.28. The molecule has 0 saturated carbocycles. The highest BCUT2D eigenvalue weighted by Crippen LogP contribution is 2.36. The van der Waals surface area contributed by atoms with Crippen LogP contribution >= 0.6 is 0 Å². The van der Waals surface area contributed by atoms with E-state index < -0.39 is 39.4 Å². The molecule has 0 spiro atoms. The van der Waals surface area contributed by atoms with Gasteiger partial charge in [-0.3, -0.25) is 14.9 Å². The molecule has 0 radical (unpaired) electrons. The molecule has 0 saturated heterocycles. The maximum absolute atomic E-state index is 11.8. The number of nitro groups is 1. The Morgan fingerprint density at radius 2 is 1.91 bits per heavy atom. The molecule has 0 amide bonds. The lowest BCUT2D eigenvalue weighted by Gasteiger charge is -2.05. The van der Waals surface area contributed by atoms with Crippen molar-refractivity contribution in [3.05, 3.63) is 27.8 Å². The van der Waals surface area contributed by atoms with Crippen LogP contribution in [0.25, 0.3) is 0 Å². The van der Waals surface area contributed by atoms with E-state index in [-0.39, 0.29) is 6.61 Å². The largest absolute Gasteiger partial charge is 0.504 e. The Balaban J connectivity index is 2.76. The molecule has 0 aliphatic heterocycles. The lowest BCUT2D eigenvalue weighted by atomic mass is 10.1. The summed E-state index contributed by atoms with van der Waals surface area (Å²) in [4.78, 5) is 33.1. The quantitative estimate of drug-likeness (QED) is 0.143. The Morgan fingerprint density at radius 3 is 2.50 bits per heavy atom. The summed E-state index contributed by atoms with van der Waals surface area (Å²) in [7, 11) is 0. The Labute approximate surface area is 126 Å². The highest BCUT2D eigenvalue weighted by molar-refractivity contribution is 6.40. The van der Waals surface area contributed by atoms with Gasteiger partial charge in [0.2, 0.25) is 5.75 Å². The average Bonchev–Trinajstić information content (AvgIpc) is 2.48. The Morgan fingerprint density at radius 1 is 1.23 bits per heavy atom. The normalized spacial score (nSPS) is 10.2. The highest BCUT2D eigenvalue weighted by Gasteiger charge is 2.25. The van der Waals surface area contributed by atoms with Gasteiger partial charge in [-0.2, -0.15) is 0 Å². The molecule has 0 fully saturated rings. The number of benzene rings is 1. The number of nitrogens with zero attached hydrogens (tertiary/aromatic N) is 1. The van der Waals surface area contributed by atoms with Crippen LogP contribution in [-0.2, 0) is 9.53 Å². The molecule has 8 heteroatoms. The van der Waals surface area contributed by atoms with E-state index in [0.29, 0.717) is 6.42 Å². The van der Waals surface area contributed by atoms with Crippen LogP contribution in [0.15, 0.2) is 12.1 Å². The van der Waals surface area contributed by atoms with E-state index in [4.69, 9.17) is 4.74 Å². The first-order valence-corrected chi connectivity index (χ1v) is 6.80. The minimum atomic E-state index is -1.16. The summed E-state index contributed by atoms with van der Waals surface area (Å²) in [6.07, 6.45) is 3.49. The minimum absolute atomic E-state index is 0.0801. The van der Waals surface area contributed by atoms with Gasteiger partial charge in [-0.15, -0.1) is 0 Å². The van der Waals surface area contributed by atoms with Gasteiger partial charge >= 0.3 is 11.7 Å². The standard InChI is InChI=1S/C14H17NO7/c1-2-3-4-5-6-22-14(19)12(17)9-7-10(15(20)21)13(18)11(16)8-9/h7-8,16,18H,2-6H2,1H3. The number of Topliss-reactive ketones (excluding diaryl/α,β-unsaturated/α-hetero) is 1. The molecule has 8 nitrogen and oxygen atoms in total. The molecule has 1 aromatic rings. The predicted molar refractivity (Wildman–Crippen MR) is 75.9 cm³/mol. The van der Waals surface area contributed by atoms with Gasteiger partial charge in [0.1, 0.15) is 0 Å². The second kappa shape index (κ2) is 7.96. The molecule has 22 heavy (non-hydrogen) atoms. The first-order chi connectivity index (χ1) is 10.4. The fourth-order valence-electron chi connectivity index (χ4n) is 1.75. The van der Waals surface area contributed by atoms with Crippen molar-refractivity contribution in [3.63, 3.8) is 0 Å². The number of carbonyl (C=O) groups excluding carboxylic acids is 2. The third kappa shape index (κ3) is 4.44. The Kier molecular flexibility index (Phi) is 6.30. The third-order valence-electron chi connectivity index (χ3n) is 2.95. The minimum Gasteiger partial charge on any atom is -0.504 e. The Bertz CT molecular complexity index is 583. The summed E-state index contributed by atoms with van der Waals surface area (Å²) < 4.78 is 4.77. The number of aromatic hydroxyl groups is 2. The van der Waals surface area contributed by atoms with Crippen LogP contribution in [0.4, 0.5) is 5.69 Å². The summed E-state index contributed by atoms with van der Waals surface area (Å²) in [6.45, 7) is 2.11. The molecule has 0 aliphatic carbocycles. The zero-order chi connectivity index (χ0) is 16.7. The topological polar surface area (TPSA) is 127 Å². The van der Waals surface area contributed by atoms with Gasteiger partial charge < -0.3 is 14.9 Å². The van der Waals surface area contributed by atoms with E-state index >= 15 is 0 Å². The zero-order valence-corrected chi connectivity index (χ0v) is 12.1. The summed E-state index contributed by atoms with van der Waals surface area (Å²) in [6, 6.07) is 1.50. The maximum atomic E-state index is 11.8. The van der Waals surface area contributed by atoms with E-state index in [0.717, 1.165) is 31.4 Å². The van der Waals surface area contributed by atoms with Gasteiger partial charge in [-0.25, -0.2) is 4.79 Å². The van der Waals surface area contributed by atoms with Crippen LogP contribution < -0.4 is 0 Å². The molecular weight excluding hydrogens is 294 g/mol. The highest BCUT2D eigenvalue weighted by atomic mass is 16.6. The van der Waals surface area contributed by atoms with Crippen molar-refractivity contribution in [3.8, 4) is 11.5 Å². The smallest absolute Gasteiger partial charge is 0.379 e. The first kappa shape index (κ1) is 17.4. The van der Waals surface area contributed by atoms with Crippen molar-refractivity contribution < 1.29 is 29.5 Å². The molecule has 1 rings (SSSR count). The predicted octanol–water partition coefficient (Wildman–Crippen LogP) is 2.31. The number of hydrogen-bond acceptors (Lipinski definition) is 7. The number of phenols is 2. The summed E-state index contributed by atoms with van der Waals surface area (Å²) >= 11 is 0. The van der Waals surface area contributed by atoms with Crippen molar-refractivity contribution >= 4 is 17.4 Å². The average molecular weight is 311 g/mol. The molecule has 0 aliphatic rings. The molecule has 0 aromatic heterocycles. The van der Waals surface area contributed by atoms with Crippen LogP contribution in [-0.4, -0.2) is 33.5 Å². The summed E-state index contributed by atoms with van der Waals surface area (Å²) in [5, 5.41) is 29.4. The van der Waals surface area contributed by atoms with Crippen LogP contribution in [0.2, 0.25) is 0 Å². The lowest BCUT2D eigenvalue weighted by molar-refractivity contribution is -0.386.